The first-order chi connectivity index (χ1) is 15.5. The first-order valence-corrected chi connectivity index (χ1v) is 12.8. The lowest BCUT2D eigenvalue weighted by Gasteiger charge is -2.15. The molecule has 2 fully saturated rings. The predicted molar refractivity (Wildman–Crippen MR) is 123 cm³/mol. The second-order valence-electron chi connectivity index (χ2n) is 8.50. The van der Waals surface area contributed by atoms with E-state index < -0.39 is 10.0 Å². The summed E-state index contributed by atoms with van der Waals surface area (Å²) in [6.45, 7) is 4.59. The molecule has 1 atom stereocenters. The molecule has 2 aromatic rings. The van der Waals surface area contributed by atoms with E-state index >= 15 is 0 Å². The molecule has 172 valence electrons. The summed E-state index contributed by atoms with van der Waals surface area (Å²) < 4.78 is 33.2. The number of sulfonamides is 1. The van der Waals surface area contributed by atoms with Gasteiger partial charge in [0, 0.05) is 31.8 Å². The molecule has 2 N–H and O–H groups in total. The van der Waals surface area contributed by atoms with E-state index in [1.807, 2.05) is 12.1 Å². The first-order valence-electron chi connectivity index (χ1n) is 11.3. The SMILES string of the molecule is O=C(NCc1ccc(CN2CCCC2)cc1)c1cccc(S(=O)(=O)NCC2CCCO2)c1. The Bertz CT molecular complexity index is 1010. The monoisotopic (exact) mass is 457 g/mol. The number of hydrogen-bond donors (Lipinski definition) is 2. The number of ether oxygens (including phenoxy) is 1. The van der Waals surface area contributed by atoms with Gasteiger partial charge in [-0.2, -0.15) is 0 Å². The average molecular weight is 458 g/mol. The minimum Gasteiger partial charge on any atom is -0.377 e. The molecule has 7 nitrogen and oxygen atoms in total. The van der Waals surface area contributed by atoms with Crippen LogP contribution in [-0.2, 0) is 27.8 Å². The molecule has 0 aliphatic carbocycles. The highest BCUT2D eigenvalue weighted by Crippen LogP contribution is 2.16. The van der Waals surface area contributed by atoms with Crippen LogP contribution in [-0.4, -0.2) is 51.6 Å². The summed E-state index contributed by atoms with van der Waals surface area (Å²) in [6, 6.07) is 14.4. The third kappa shape index (κ3) is 6.16. The molecule has 2 aromatic carbocycles. The molecule has 2 saturated heterocycles. The molecular formula is C24H31N3O4S. The van der Waals surface area contributed by atoms with Crippen LogP contribution in [0.1, 0.15) is 47.2 Å². The third-order valence-electron chi connectivity index (χ3n) is 6.01. The van der Waals surface area contributed by atoms with Crippen molar-refractivity contribution in [3.63, 3.8) is 0 Å². The molecule has 8 heteroatoms. The zero-order valence-corrected chi connectivity index (χ0v) is 19.1. The van der Waals surface area contributed by atoms with E-state index in [9.17, 15) is 13.2 Å². The van der Waals surface area contributed by atoms with Crippen molar-refractivity contribution in [2.24, 2.45) is 0 Å². The van der Waals surface area contributed by atoms with Gasteiger partial charge in [-0.3, -0.25) is 9.69 Å². The Labute approximate surface area is 190 Å². The minimum atomic E-state index is -3.70. The van der Waals surface area contributed by atoms with Crippen molar-refractivity contribution in [1.82, 2.24) is 14.9 Å². The molecule has 2 aliphatic rings. The zero-order chi connectivity index (χ0) is 22.4. The first kappa shape index (κ1) is 22.9. The third-order valence-corrected chi connectivity index (χ3v) is 7.43. The zero-order valence-electron chi connectivity index (χ0n) is 18.3. The van der Waals surface area contributed by atoms with Gasteiger partial charge in [0.2, 0.25) is 10.0 Å². The van der Waals surface area contributed by atoms with Crippen LogP contribution < -0.4 is 10.0 Å². The average Bonchev–Trinajstić information content (AvgIpc) is 3.52. The second kappa shape index (κ2) is 10.6. The molecule has 1 amide bonds. The van der Waals surface area contributed by atoms with Crippen molar-refractivity contribution in [2.75, 3.05) is 26.2 Å². The van der Waals surface area contributed by atoms with E-state index in [4.69, 9.17) is 4.74 Å². The van der Waals surface area contributed by atoms with E-state index in [1.54, 1.807) is 12.1 Å². The summed E-state index contributed by atoms with van der Waals surface area (Å²) in [5.74, 6) is -0.303. The maximum absolute atomic E-state index is 12.6. The topological polar surface area (TPSA) is 87.7 Å². The van der Waals surface area contributed by atoms with Gasteiger partial charge >= 0.3 is 0 Å². The fraction of sp³-hybridized carbons (Fsp3) is 0.458. The molecular weight excluding hydrogens is 426 g/mol. The number of rotatable bonds is 9. The van der Waals surface area contributed by atoms with Gasteiger partial charge in [0.1, 0.15) is 0 Å². The summed E-state index contributed by atoms with van der Waals surface area (Å²) in [5, 5.41) is 2.88. The van der Waals surface area contributed by atoms with Gasteiger partial charge in [-0.25, -0.2) is 13.1 Å². The maximum atomic E-state index is 12.6. The summed E-state index contributed by atoms with van der Waals surface area (Å²) >= 11 is 0. The number of nitrogens with one attached hydrogen (secondary N) is 2. The van der Waals surface area contributed by atoms with Crippen LogP contribution in [0.5, 0.6) is 0 Å². The molecule has 1 unspecified atom stereocenters. The smallest absolute Gasteiger partial charge is 0.251 e. The lowest BCUT2D eigenvalue weighted by molar-refractivity contribution is 0.0950. The lowest BCUT2D eigenvalue weighted by Crippen LogP contribution is -2.32. The largest absolute Gasteiger partial charge is 0.377 e. The highest BCUT2D eigenvalue weighted by Gasteiger charge is 2.21. The van der Waals surface area contributed by atoms with Crippen LogP contribution in [0.15, 0.2) is 53.4 Å². The molecule has 2 aliphatic heterocycles. The van der Waals surface area contributed by atoms with Gasteiger partial charge < -0.3 is 10.1 Å². The van der Waals surface area contributed by atoms with Crippen molar-refractivity contribution in [1.29, 1.82) is 0 Å². The number of carbonyl (C=O) groups is 1. The standard InChI is InChI=1S/C24H31N3O4S/c28-24(25-16-19-8-10-20(11-9-19)18-27-12-1-2-13-27)21-5-3-7-23(15-21)32(29,30)26-17-22-6-4-14-31-22/h3,5,7-11,15,22,26H,1-2,4,6,12-14,16-18H2,(H,25,28). The van der Waals surface area contributed by atoms with Crippen LogP contribution in [0, 0.1) is 0 Å². The number of likely N-dealkylation sites (tertiary alicyclic amines) is 1. The molecule has 0 radical (unpaired) electrons. The lowest BCUT2D eigenvalue weighted by atomic mass is 10.1. The number of amides is 1. The van der Waals surface area contributed by atoms with Crippen LogP contribution in [0.4, 0.5) is 0 Å². The molecule has 2 heterocycles. The molecule has 4 rings (SSSR count). The number of carbonyl (C=O) groups excluding carboxylic acids is 1. The van der Waals surface area contributed by atoms with E-state index in [-0.39, 0.29) is 23.5 Å². The molecule has 0 spiro atoms. The van der Waals surface area contributed by atoms with Crippen molar-refractivity contribution >= 4 is 15.9 Å². The van der Waals surface area contributed by atoms with Crippen LogP contribution in [0.3, 0.4) is 0 Å². The van der Waals surface area contributed by atoms with E-state index in [0.717, 1.165) is 38.0 Å². The Morgan fingerprint density at radius 1 is 1.03 bits per heavy atom. The maximum Gasteiger partial charge on any atom is 0.251 e. The summed E-state index contributed by atoms with van der Waals surface area (Å²) in [4.78, 5) is 15.1. The quantitative estimate of drug-likeness (QED) is 0.605. The van der Waals surface area contributed by atoms with Gasteiger partial charge in [0.25, 0.3) is 5.91 Å². The molecule has 32 heavy (non-hydrogen) atoms. The predicted octanol–water partition coefficient (Wildman–Crippen LogP) is 2.67. The Kier molecular flexibility index (Phi) is 7.57. The fourth-order valence-electron chi connectivity index (χ4n) is 4.14. The fourth-order valence-corrected chi connectivity index (χ4v) is 5.25. The van der Waals surface area contributed by atoms with E-state index in [0.29, 0.717) is 18.7 Å². The van der Waals surface area contributed by atoms with Crippen LogP contribution in [0.2, 0.25) is 0 Å². The molecule has 0 aromatic heterocycles. The molecule has 0 bridgehead atoms. The highest BCUT2D eigenvalue weighted by molar-refractivity contribution is 7.89. The van der Waals surface area contributed by atoms with Gasteiger partial charge in [-0.15, -0.1) is 0 Å². The summed E-state index contributed by atoms with van der Waals surface area (Å²) in [5.41, 5.74) is 2.59. The number of hydrogen-bond acceptors (Lipinski definition) is 5. The van der Waals surface area contributed by atoms with Crippen LogP contribution >= 0.6 is 0 Å². The Morgan fingerprint density at radius 2 is 1.78 bits per heavy atom. The van der Waals surface area contributed by atoms with Gasteiger partial charge in [0.05, 0.1) is 11.0 Å². The van der Waals surface area contributed by atoms with Crippen molar-refractivity contribution in [2.45, 2.75) is 49.8 Å². The van der Waals surface area contributed by atoms with E-state index in [1.165, 1.54) is 30.5 Å². The van der Waals surface area contributed by atoms with Crippen LogP contribution in [0.25, 0.3) is 0 Å². The highest BCUT2D eigenvalue weighted by atomic mass is 32.2. The second-order valence-corrected chi connectivity index (χ2v) is 10.3. The van der Waals surface area contributed by atoms with Crippen molar-refractivity contribution < 1.29 is 17.9 Å². The van der Waals surface area contributed by atoms with Gasteiger partial charge in [0.15, 0.2) is 0 Å². The number of nitrogens with zero attached hydrogens (tertiary/aromatic N) is 1. The van der Waals surface area contributed by atoms with Gasteiger partial charge in [-0.1, -0.05) is 30.3 Å². The van der Waals surface area contributed by atoms with Crippen molar-refractivity contribution in [3.05, 3.63) is 65.2 Å². The normalized spacial score (nSPS) is 19.3. The molecule has 0 saturated carbocycles. The Balaban J connectivity index is 1.31. The van der Waals surface area contributed by atoms with Crippen molar-refractivity contribution in [3.8, 4) is 0 Å². The number of benzene rings is 2. The summed E-state index contributed by atoms with van der Waals surface area (Å²) in [7, 11) is -3.70. The van der Waals surface area contributed by atoms with E-state index in [2.05, 4.69) is 27.1 Å². The Hall–Kier alpha value is -2.26. The minimum absolute atomic E-state index is 0.0782. The van der Waals surface area contributed by atoms with Gasteiger partial charge in [-0.05, 0) is 68.1 Å². The Morgan fingerprint density at radius 3 is 2.50 bits per heavy atom. The summed E-state index contributed by atoms with van der Waals surface area (Å²) in [6.07, 6.45) is 4.26.